The number of carbonyl (C=O) groups excluding carboxylic acids is 1. The van der Waals surface area contributed by atoms with E-state index < -0.39 is 10.0 Å². The zero-order valence-corrected chi connectivity index (χ0v) is 17.0. The van der Waals surface area contributed by atoms with Gasteiger partial charge in [-0.1, -0.05) is 43.6 Å². The van der Waals surface area contributed by atoms with Crippen LogP contribution >= 0.6 is 11.6 Å². The highest BCUT2D eigenvalue weighted by Gasteiger charge is 2.26. The lowest BCUT2D eigenvalue weighted by atomic mass is 10.0. The monoisotopic (exact) mass is 406 g/mol. The third-order valence-electron chi connectivity index (χ3n) is 4.67. The summed E-state index contributed by atoms with van der Waals surface area (Å²) < 4.78 is 25.9. The van der Waals surface area contributed by atoms with Gasteiger partial charge < -0.3 is 5.32 Å². The van der Waals surface area contributed by atoms with E-state index in [1.165, 1.54) is 4.31 Å². The molecule has 0 aliphatic carbocycles. The van der Waals surface area contributed by atoms with Crippen molar-refractivity contribution in [1.82, 2.24) is 0 Å². The summed E-state index contributed by atoms with van der Waals surface area (Å²) in [5.74, 6) is 0.0866. The smallest absolute Gasteiger partial charge is 0.257 e. The van der Waals surface area contributed by atoms with Crippen LogP contribution in [0.15, 0.2) is 42.5 Å². The predicted octanol–water partition coefficient (Wildman–Crippen LogP) is 4.65. The zero-order chi connectivity index (χ0) is 19.6. The van der Waals surface area contributed by atoms with Gasteiger partial charge in [0.15, 0.2) is 0 Å². The van der Waals surface area contributed by atoms with E-state index in [4.69, 9.17) is 11.6 Å². The third-order valence-corrected chi connectivity index (χ3v) is 6.85. The molecule has 0 saturated carbocycles. The number of sulfonamides is 1. The average Bonchev–Trinajstić information content (AvgIpc) is 2.61. The fraction of sp³-hybridized carbons (Fsp3) is 0.350. The number of hydrogen-bond acceptors (Lipinski definition) is 3. The molecule has 1 heterocycles. The van der Waals surface area contributed by atoms with E-state index >= 15 is 0 Å². The molecule has 1 N–H and O–H groups in total. The first-order chi connectivity index (χ1) is 12.8. The minimum atomic E-state index is -3.32. The first-order valence-corrected chi connectivity index (χ1v) is 11.0. The zero-order valence-electron chi connectivity index (χ0n) is 15.4. The second-order valence-electron chi connectivity index (χ2n) is 6.96. The highest BCUT2D eigenvalue weighted by atomic mass is 35.5. The Labute approximate surface area is 165 Å². The van der Waals surface area contributed by atoms with E-state index in [0.717, 1.165) is 17.7 Å². The number of para-hydroxylation sites is 1. The lowest BCUT2D eigenvalue weighted by Gasteiger charge is -2.28. The van der Waals surface area contributed by atoms with E-state index in [9.17, 15) is 13.2 Å². The van der Waals surface area contributed by atoms with Gasteiger partial charge in [-0.2, -0.15) is 0 Å². The lowest BCUT2D eigenvalue weighted by molar-refractivity contribution is 0.102. The molecule has 0 aromatic heterocycles. The number of anilines is 2. The van der Waals surface area contributed by atoms with E-state index in [2.05, 4.69) is 19.2 Å². The second-order valence-corrected chi connectivity index (χ2v) is 9.38. The van der Waals surface area contributed by atoms with Crippen LogP contribution in [0.3, 0.4) is 0 Å². The van der Waals surface area contributed by atoms with E-state index in [1.54, 1.807) is 18.2 Å². The van der Waals surface area contributed by atoms with Gasteiger partial charge in [-0.05, 0) is 48.6 Å². The molecule has 1 aliphatic heterocycles. The van der Waals surface area contributed by atoms with Crippen molar-refractivity contribution in [2.75, 3.05) is 21.9 Å². The lowest BCUT2D eigenvalue weighted by Crippen LogP contribution is -2.37. The van der Waals surface area contributed by atoms with Gasteiger partial charge >= 0.3 is 0 Å². The Morgan fingerprint density at radius 3 is 2.56 bits per heavy atom. The van der Waals surface area contributed by atoms with Crippen LogP contribution in [0.5, 0.6) is 0 Å². The molecule has 2 aromatic carbocycles. The van der Waals surface area contributed by atoms with Crippen molar-refractivity contribution in [2.45, 2.75) is 32.6 Å². The Hall–Kier alpha value is -2.05. The van der Waals surface area contributed by atoms with E-state index in [1.807, 2.05) is 24.3 Å². The summed E-state index contributed by atoms with van der Waals surface area (Å²) in [6.45, 7) is 4.56. The highest BCUT2D eigenvalue weighted by Crippen LogP contribution is 2.30. The summed E-state index contributed by atoms with van der Waals surface area (Å²) in [6.07, 6.45) is 1.48. The van der Waals surface area contributed by atoms with Crippen LogP contribution in [0.1, 0.15) is 48.5 Å². The van der Waals surface area contributed by atoms with Gasteiger partial charge in [0.1, 0.15) is 0 Å². The standard InChI is InChI=1S/C20H23ClN2O3S/c1-14(2)16-7-3-4-8-19(16)22-20(24)17-10-9-15(13-18(17)21)23-11-5-6-12-27(23,25)26/h3-4,7-10,13-14H,5-6,11-12H2,1-2H3,(H,22,24). The van der Waals surface area contributed by atoms with Crippen molar-refractivity contribution in [3.8, 4) is 0 Å². The summed E-state index contributed by atoms with van der Waals surface area (Å²) in [5, 5.41) is 3.14. The third kappa shape index (κ3) is 4.28. The van der Waals surface area contributed by atoms with Crippen molar-refractivity contribution in [3.05, 3.63) is 58.6 Å². The molecule has 0 bridgehead atoms. The van der Waals surface area contributed by atoms with Crippen LogP contribution in [0.25, 0.3) is 0 Å². The van der Waals surface area contributed by atoms with Gasteiger partial charge in [-0.25, -0.2) is 8.42 Å². The summed E-state index contributed by atoms with van der Waals surface area (Å²) >= 11 is 6.32. The maximum Gasteiger partial charge on any atom is 0.257 e. The van der Waals surface area contributed by atoms with Gasteiger partial charge in [0.25, 0.3) is 5.91 Å². The summed E-state index contributed by atoms with van der Waals surface area (Å²) in [5.41, 5.74) is 2.60. The quantitative estimate of drug-likeness (QED) is 0.803. The van der Waals surface area contributed by atoms with Crippen molar-refractivity contribution >= 4 is 38.9 Å². The van der Waals surface area contributed by atoms with Crippen molar-refractivity contribution in [2.24, 2.45) is 0 Å². The topological polar surface area (TPSA) is 66.5 Å². The average molecular weight is 407 g/mol. The molecule has 2 aromatic rings. The molecule has 0 spiro atoms. The van der Waals surface area contributed by atoms with Crippen LogP contribution in [0.4, 0.5) is 11.4 Å². The molecule has 144 valence electrons. The second kappa shape index (κ2) is 7.90. The van der Waals surface area contributed by atoms with Crippen LogP contribution in [0.2, 0.25) is 5.02 Å². The molecule has 0 radical (unpaired) electrons. The number of hydrogen-bond donors (Lipinski definition) is 1. The van der Waals surface area contributed by atoms with E-state index in [-0.39, 0.29) is 22.6 Å². The molecule has 1 saturated heterocycles. The van der Waals surface area contributed by atoms with E-state index in [0.29, 0.717) is 24.2 Å². The van der Waals surface area contributed by atoms with Crippen LogP contribution in [-0.4, -0.2) is 26.6 Å². The molecule has 3 rings (SSSR count). The SMILES string of the molecule is CC(C)c1ccccc1NC(=O)c1ccc(N2CCCCS2(=O)=O)cc1Cl. The minimum Gasteiger partial charge on any atom is -0.322 e. The molecule has 1 amide bonds. The summed E-state index contributed by atoms with van der Waals surface area (Å²) in [7, 11) is -3.32. The molecule has 7 heteroatoms. The largest absolute Gasteiger partial charge is 0.322 e. The van der Waals surface area contributed by atoms with Crippen LogP contribution < -0.4 is 9.62 Å². The molecule has 1 aliphatic rings. The molecule has 0 unspecified atom stereocenters. The van der Waals surface area contributed by atoms with Crippen LogP contribution in [-0.2, 0) is 10.0 Å². The van der Waals surface area contributed by atoms with Gasteiger partial charge in [0.05, 0.1) is 22.0 Å². The van der Waals surface area contributed by atoms with Crippen LogP contribution in [0, 0.1) is 0 Å². The molecule has 27 heavy (non-hydrogen) atoms. The first-order valence-electron chi connectivity index (χ1n) is 9.00. The van der Waals surface area contributed by atoms with Crippen molar-refractivity contribution < 1.29 is 13.2 Å². The van der Waals surface area contributed by atoms with Crippen molar-refractivity contribution in [3.63, 3.8) is 0 Å². The number of nitrogens with one attached hydrogen (secondary N) is 1. The number of carbonyl (C=O) groups is 1. The van der Waals surface area contributed by atoms with Gasteiger partial charge in [-0.3, -0.25) is 9.10 Å². The number of amides is 1. The maximum absolute atomic E-state index is 12.7. The Kier molecular flexibility index (Phi) is 5.77. The molecular weight excluding hydrogens is 384 g/mol. The fourth-order valence-electron chi connectivity index (χ4n) is 3.23. The Bertz CT molecular complexity index is 957. The maximum atomic E-state index is 12.7. The number of nitrogens with zero attached hydrogens (tertiary/aromatic N) is 1. The molecular formula is C20H23ClN2O3S. The number of rotatable bonds is 4. The molecule has 1 fully saturated rings. The predicted molar refractivity (Wildman–Crippen MR) is 110 cm³/mol. The van der Waals surface area contributed by atoms with Gasteiger partial charge in [0.2, 0.25) is 10.0 Å². The Morgan fingerprint density at radius 2 is 1.89 bits per heavy atom. The molecule has 5 nitrogen and oxygen atoms in total. The number of halogens is 1. The fourth-order valence-corrected chi connectivity index (χ4v) is 5.12. The van der Waals surface area contributed by atoms with Gasteiger partial charge in [0, 0.05) is 12.2 Å². The Balaban J connectivity index is 1.85. The van der Waals surface area contributed by atoms with Crippen molar-refractivity contribution in [1.29, 1.82) is 0 Å². The summed E-state index contributed by atoms with van der Waals surface area (Å²) in [6, 6.07) is 12.4. The highest BCUT2D eigenvalue weighted by molar-refractivity contribution is 7.92. The normalized spacial score (nSPS) is 16.4. The summed E-state index contributed by atoms with van der Waals surface area (Å²) in [4.78, 5) is 12.7. The minimum absolute atomic E-state index is 0.138. The van der Waals surface area contributed by atoms with Gasteiger partial charge in [-0.15, -0.1) is 0 Å². The first kappa shape index (κ1) is 19.7. The Morgan fingerprint density at radius 1 is 1.15 bits per heavy atom. The molecule has 0 atom stereocenters. The number of benzene rings is 2.